The molecule has 2 rings (SSSR count). The van der Waals surface area contributed by atoms with Gasteiger partial charge in [-0.1, -0.05) is 39.8 Å². The van der Waals surface area contributed by atoms with Gasteiger partial charge in [-0.25, -0.2) is 4.79 Å². The van der Waals surface area contributed by atoms with E-state index in [1.54, 1.807) is 0 Å². The van der Waals surface area contributed by atoms with Gasteiger partial charge in [0.25, 0.3) is 0 Å². The van der Waals surface area contributed by atoms with Crippen LogP contribution in [0, 0.1) is 0 Å². The summed E-state index contributed by atoms with van der Waals surface area (Å²) >= 11 is 0. The van der Waals surface area contributed by atoms with Crippen molar-refractivity contribution in [2.45, 2.75) is 64.8 Å². The van der Waals surface area contributed by atoms with E-state index < -0.39 is 0 Å². The Morgan fingerprint density at radius 1 is 1.24 bits per heavy atom. The van der Waals surface area contributed by atoms with Crippen LogP contribution in [-0.4, -0.2) is 23.5 Å². The largest absolute Gasteiger partial charge is 0.322 e. The molecule has 1 fully saturated rings. The fraction of sp³-hybridized carbons (Fsp3) is 0.611. The van der Waals surface area contributed by atoms with E-state index in [1.165, 1.54) is 12.0 Å². The Bertz CT molecular complexity index is 473. The van der Waals surface area contributed by atoms with Gasteiger partial charge in [-0.3, -0.25) is 0 Å². The van der Waals surface area contributed by atoms with Crippen molar-refractivity contribution in [2.75, 3.05) is 11.9 Å². The van der Waals surface area contributed by atoms with Crippen molar-refractivity contribution in [3.8, 4) is 0 Å². The summed E-state index contributed by atoms with van der Waals surface area (Å²) < 4.78 is 0. The molecule has 1 N–H and O–H groups in total. The quantitative estimate of drug-likeness (QED) is 0.834. The van der Waals surface area contributed by atoms with Crippen molar-refractivity contribution in [3.05, 3.63) is 29.8 Å². The second-order valence-electron chi connectivity index (χ2n) is 7.01. The zero-order valence-electron chi connectivity index (χ0n) is 13.8. The number of carbonyl (C=O) groups excluding carboxylic acids is 1. The van der Waals surface area contributed by atoms with Crippen LogP contribution in [0.1, 0.15) is 58.9 Å². The molecule has 1 aliphatic heterocycles. The molecule has 1 aliphatic rings. The van der Waals surface area contributed by atoms with Gasteiger partial charge in [0.15, 0.2) is 0 Å². The number of nitrogens with one attached hydrogen (secondary N) is 1. The third-order valence-corrected chi connectivity index (χ3v) is 4.36. The van der Waals surface area contributed by atoms with Crippen LogP contribution < -0.4 is 5.32 Å². The molecule has 0 bridgehead atoms. The maximum Gasteiger partial charge on any atom is 0.322 e. The fourth-order valence-corrected chi connectivity index (χ4v) is 2.94. The number of hydrogen-bond donors (Lipinski definition) is 1. The number of amides is 2. The summed E-state index contributed by atoms with van der Waals surface area (Å²) in [6.07, 6.45) is 4.53. The Kier molecular flexibility index (Phi) is 4.92. The molecule has 2 amide bonds. The molecule has 21 heavy (non-hydrogen) atoms. The summed E-state index contributed by atoms with van der Waals surface area (Å²) in [4.78, 5) is 14.4. The Morgan fingerprint density at radius 3 is 2.48 bits per heavy atom. The number of benzene rings is 1. The van der Waals surface area contributed by atoms with E-state index in [0.29, 0.717) is 6.04 Å². The molecule has 1 aromatic rings. The number of piperidine rings is 1. The molecule has 1 heterocycles. The van der Waals surface area contributed by atoms with Gasteiger partial charge in [-0.2, -0.15) is 0 Å². The summed E-state index contributed by atoms with van der Waals surface area (Å²) in [6, 6.07) is 8.65. The normalized spacial score (nSPS) is 19.4. The minimum Gasteiger partial charge on any atom is -0.322 e. The topological polar surface area (TPSA) is 32.3 Å². The van der Waals surface area contributed by atoms with Crippen molar-refractivity contribution < 1.29 is 4.79 Å². The molecule has 0 aliphatic carbocycles. The Morgan fingerprint density at radius 2 is 1.90 bits per heavy atom. The van der Waals surface area contributed by atoms with E-state index in [2.05, 4.69) is 45.1 Å². The van der Waals surface area contributed by atoms with Crippen LogP contribution in [0.3, 0.4) is 0 Å². The zero-order valence-corrected chi connectivity index (χ0v) is 13.8. The minimum absolute atomic E-state index is 0.0464. The molecule has 3 nitrogen and oxygen atoms in total. The number of nitrogens with zero attached hydrogens (tertiary/aromatic N) is 1. The second kappa shape index (κ2) is 6.50. The van der Waals surface area contributed by atoms with E-state index in [1.807, 2.05) is 17.0 Å². The monoisotopic (exact) mass is 288 g/mol. The Balaban J connectivity index is 2.02. The molecule has 1 saturated heterocycles. The molecule has 0 spiro atoms. The lowest BCUT2D eigenvalue weighted by Crippen LogP contribution is -2.45. The highest BCUT2D eigenvalue weighted by Gasteiger charge is 2.25. The van der Waals surface area contributed by atoms with Gasteiger partial charge < -0.3 is 10.2 Å². The first-order chi connectivity index (χ1) is 9.91. The van der Waals surface area contributed by atoms with Gasteiger partial charge in [-0.15, -0.1) is 0 Å². The number of hydrogen-bond acceptors (Lipinski definition) is 1. The van der Waals surface area contributed by atoms with Gasteiger partial charge in [0.2, 0.25) is 0 Å². The van der Waals surface area contributed by atoms with Gasteiger partial charge in [0.05, 0.1) is 0 Å². The van der Waals surface area contributed by atoms with E-state index in [-0.39, 0.29) is 11.4 Å². The van der Waals surface area contributed by atoms with Crippen LogP contribution in [0.4, 0.5) is 10.5 Å². The van der Waals surface area contributed by atoms with Gasteiger partial charge >= 0.3 is 6.03 Å². The molecule has 3 heteroatoms. The lowest BCUT2D eigenvalue weighted by molar-refractivity contribution is 0.160. The fourth-order valence-electron chi connectivity index (χ4n) is 2.94. The van der Waals surface area contributed by atoms with Gasteiger partial charge in [0.1, 0.15) is 0 Å². The number of likely N-dealkylation sites (tertiary alicyclic amines) is 1. The van der Waals surface area contributed by atoms with Gasteiger partial charge in [-0.05, 0) is 48.8 Å². The molecule has 1 unspecified atom stereocenters. The van der Waals surface area contributed by atoms with Crippen LogP contribution in [0.15, 0.2) is 24.3 Å². The summed E-state index contributed by atoms with van der Waals surface area (Å²) in [5.74, 6) is 0. The van der Waals surface area contributed by atoms with Crippen LogP contribution in [0.2, 0.25) is 0 Å². The number of rotatable bonds is 2. The van der Waals surface area contributed by atoms with Crippen molar-refractivity contribution in [1.82, 2.24) is 4.90 Å². The highest BCUT2D eigenvalue weighted by atomic mass is 16.2. The van der Waals surface area contributed by atoms with Crippen molar-refractivity contribution in [3.63, 3.8) is 0 Å². The highest BCUT2D eigenvalue weighted by Crippen LogP contribution is 2.24. The molecule has 1 atom stereocenters. The van der Waals surface area contributed by atoms with Crippen LogP contribution >= 0.6 is 0 Å². The SMILES string of the molecule is CCC1CCCCN1C(=O)Nc1ccc(C(C)(C)C)cc1. The molecule has 1 aromatic carbocycles. The lowest BCUT2D eigenvalue weighted by atomic mass is 9.87. The van der Waals surface area contributed by atoms with Crippen molar-refractivity contribution in [1.29, 1.82) is 0 Å². The first-order valence-electron chi connectivity index (χ1n) is 8.10. The molecule has 116 valence electrons. The number of carbonyl (C=O) groups is 1. The van der Waals surface area contributed by atoms with Crippen LogP contribution in [0.25, 0.3) is 0 Å². The zero-order chi connectivity index (χ0) is 15.5. The maximum atomic E-state index is 12.4. The second-order valence-corrected chi connectivity index (χ2v) is 7.01. The average molecular weight is 288 g/mol. The van der Waals surface area contributed by atoms with E-state index in [9.17, 15) is 4.79 Å². The smallest absolute Gasteiger partial charge is 0.322 e. The number of urea groups is 1. The summed E-state index contributed by atoms with van der Waals surface area (Å²) in [6.45, 7) is 9.62. The standard InChI is InChI=1S/C18H28N2O/c1-5-16-8-6-7-13-20(16)17(21)19-15-11-9-14(10-12-15)18(2,3)4/h9-12,16H,5-8,13H2,1-4H3,(H,19,21). The third kappa shape index (κ3) is 3.99. The molecular weight excluding hydrogens is 260 g/mol. The summed E-state index contributed by atoms with van der Waals surface area (Å²) in [5, 5.41) is 3.04. The Labute approximate surface area is 128 Å². The van der Waals surface area contributed by atoms with Crippen LogP contribution in [0.5, 0.6) is 0 Å². The average Bonchev–Trinajstić information content (AvgIpc) is 2.46. The third-order valence-electron chi connectivity index (χ3n) is 4.36. The van der Waals surface area contributed by atoms with Crippen molar-refractivity contribution >= 4 is 11.7 Å². The summed E-state index contributed by atoms with van der Waals surface area (Å²) in [7, 11) is 0. The first kappa shape index (κ1) is 15.9. The Hall–Kier alpha value is -1.51. The van der Waals surface area contributed by atoms with Crippen molar-refractivity contribution in [2.24, 2.45) is 0 Å². The lowest BCUT2D eigenvalue weighted by Gasteiger charge is -2.35. The van der Waals surface area contributed by atoms with E-state index >= 15 is 0 Å². The van der Waals surface area contributed by atoms with Gasteiger partial charge in [0, 0.05) is 18.3 Å². The highest BCUT2D eigenvalue weighted by molar-refractivity contribution is 5.89. The summed E-state index contributed by atoms with van der Waals surface area (Å²) in [5.41, 5.74) is 2.31. The molecule has 0 aromatic heterocycles. The number of anilines is 1. The first-order valence-corrected chi connectivity index (χ1v) is 8.10. The molecule has 0 saturated carbocycles. The van der Waals surface area contributed by atoms with E-state index in [0.717, 1.165) is 31.5 Å². The predicted octanol–water partition coefficient (Wildman–Crippen LogP) is 4.78. The molecule has 0 radical (unpaired) electrons. The minimum atomic E-state index is 0.0464. The maximum absolute atomic E-state index is 12.4. The molecular formula is C18H28N2O. The van der Waals surface area contributed by atoms with Crippen LogP contribution in [-0.2, 0) is 5.41 Å². The van der Waals surface area contributed by atoms with E-state index in [4.69, 9.17) is 0 Å². The predicted molar refractivity (Wildman–Crippen MR) is 88.8 cm³/mol.